The third kappa shape index (κ3) is 2.48. The Morgan fingerprint density at radius 1 is 0.923 bits per heavy atom. The monoisotopic (exact) mass is 427 g/mol. The van der Waals surface area contributed by atoms with Crippen molar-refractivity contribution in [3.05, 3.63) is 82.3 Å². The third-order valence-electron chi connectivity index (χ3n) is 4.36. The second kappa shape index (κ2) is 6.07. The predicted molar refractivity (Wildman–Crippen MR) is 105 cm³/mol. The maximum absolute atomic E-state index is 13.3. The molecule has 1 aliphatic rings. The number of rotatable bonds is 1. The van der Waals surface area contributed by atoms with E-state index in [1.54, 1.807) is 48.5 Å². The lowest BCUT2D eigenvalue weighted by atomic mass is 10.0. The smallest absolute Gasteiger partial charge is 0.268 e. The predicted octanol–water partition coefficient (Wildman–Crippen LogP) is 4.77. The van der Waals surface area contributed by atoms with Crippen LogP contribution in [0.4, 0.5) is 5.69 Å². The number of amides is 1. The number of aryl methyl sites for hydroxylation is 1. The first-order valence-corrected chi connectivity index (χ1v) is 10.2. The van der Waals surface area contributed by atoms with Crippen molar-refractivity contribution in [3.8, 4) is 11.1 Å². The van der Waals surface area contributed by atoms with Crippen LogP contribution in [0.25, 0.3) is 11.1 Å². The van der Waals surface area contributed by atoms with Crippen LogP contribution in [-0.2, 0) is 10.0 Å². The zero-order valence-electron chi connectivity index (χ0n) is 13.8. The van der Waals surface area contributed by atoms with Crippen LogP contribution in [-0.4, -0.2) is 14.3 Å². The highest BCUT2D eigenvalue weighted by Crippen LogP contribution is 2.44. The van der Waals surface area contributed by atoms with Crippen molar-refractivity contribution >= 4 is 37.5 Å². The van der Waals surface area contributed by atoms with E-state index >= 15 is 0 Å². The van der Waals surface area contributed by atoms with Gasteiger partial charge < -0.3 is 0 Å². The van der Waals surface area contributed by atoms with Crippen LogP contribution in [0, 0.1) is 6.92 Å². The molecule has 0 fully saturated rings. The summed E-state index contributed by atoms with van der Waals surface area (Å²) in [6.07, 6.45) is 0. The van der Waals surface area contributed by atoms with Gasteiger partial charge in [0.1, 0.15) is 0 Å². The van der Waals surface area contributed by atoms with Gasteiger partial charge in [-0.1, -0.05) is 42.0 Å². The molecule has 0 aromatic heterocycles. The largest absolute Gasteiger partial charge is 0.273 e. The Hall–Kier alpha value is -2.44. The molecule has 4 nitrogen and oxygen atoms in total. The van der Waals surface area contributed by atoms with E-state index in [9.17, 15) is 13.2 Å². The van der Waals surface area contributed by atoms with Gasteiger partial charge in [-0.2, -0.15) is 4.31 Å². The first-order valence-electron chi connectivity index (χ1n) is 7.95. The average Bonchev–Trinajstić information content (AvgIpc) is 2.62. The van der Waals surface area contributed by atoms with Gasteiger partial charge >= 0.3 is 0 Å². The molecule has 0 saturated heterocycles. The Kier molecular flexibility index (Phi) is 3.97. The highest BCUT2D eigenvalue weighted by molar-refractivity contribution is 9.10. The quantitative estimate of drug-likeness (QED) is 0.561. The molecule has 0 bridgehead atoms. The van der Waals surface area contributed by atoms with Gasteiger partial charge in [-0.25, -0.2) is 8.42 Å². The topological polar surface area (TPSA) is 54.5 Å². The van der Waals surface area contributed by atoms with Crippen molar-refractivity contribution in [3.63, 3.8) is 0 Å². The lowest BCUT2D eigenvalue weighted by Gasteiger charge is -2.31. The summed E-state index contributed by atoms with van der Waals surface area (Å²) < 4.78 is 28.0. The minimum absolute atomic E-state index is 0.138. The molecular weight excluding hydrogens is 414 g/mol. The molecule has 0 radical (unpaired) electrons. The molecule has 1 amide bonds. The highest BCUT2D eigenvalue weighted by Gasteiger charge is 2.39. The maximum atomic E-state index is 13.3. The molecular formula is C20H14BrNO3S. The molecule has 3 aromatic rings. The Morgan fingerprint density at radius 2 is 1.62 bits per heavy atom. The van der Waals surface area contributed by atoms with E-state index in [2.05, 4.69) is 15.9 Å². The first-order chi connectivity index (χ1) is 12.4. The molecule has 0 aliphatic carbocycles. The molecule has 0 atom stereocenters. The molecule has 130 valence electrons. The molecule has 3 aromatic carbocycles. The van der Waals surface area contributed by atoms with Gasteiger partial charge in [0.2, 0.25) is 0 Å². The van der Waals surface area contributed by atoms with E-state index in [0.717, 1.165) is 15.4 Å². The van der Waals surface area contributed by atoms with Crippen molar-refractivity contribution < 1.29 is 13.2 Å². The Morgan fingerprint density at radius 3 is 2.38 bits per heavy atom. The van der Waals surface area contributed by atoms with Crippen molar-refractivity contribution in [2.24, 2.45) is 0 Å². The number of anilines is 1. The molecule has 6 heteroatoms. The van der Waals surface area contributed by atoms with E-state index in [1.165, 1.54) is 6.07 Å². The van der Waals surface area contributed by atoms with Crippen LogP contribution in [0.2, 0.25) is 0 Å². The van der Waals surface area contributed by atoms with E-state index < -0.39 is 15.9 Å². The second-order valence-corrected chi connectivity index (χ2v) is 8.68. The summed E-state index contributed by atoms with van der Waals surface area (Å²) in [7, 11) is -4.01. The summed E-state index contributed by atoms with van der Waals surface area (Å²) in [4.78, 5) is 13.3. The summed E-state index contributed by atoms with van der Waals surface area (Å²) in [5.41, 5.74) is 3.00. The standard InChI is InChI=1S/C20H14BrNO3S/c1-13-10-11-18-16(12-13)14-6-3-5-9-19(14)26(24,25)22(18)20(23)15-7-2-4-8-17(15)21/h2-12H,1H3. The lowest BCUT2D eigenvalue weighted by Crippen LogP contribution is -2.39. The Balaban J connectivity index is 2.02. The number of halogens is 1. The molecule has 1 heterocycles. The van der Waals surface area contributed by atoms with Crippen LogP contribution < -0.4 is 4.31 Å². The van der Waals surface area contributed by atoms with Crippen molar-refractivity contribution in [1.82, 2.24) is 0 Å². The highest BCUT2D eigenvalue weighted by atomic mass is 79.9. The number of sulfonamides is 1. The van der Waals surface area contributed by atoms with Crippen molar-refractivity contribution in [2.75, 3.05) is 4.31 Å². The van der Waals surface area contributed by atoms with Gasteiger partial charge in [-0.15, -0.1) is 0 Å². The number of nitrogens with zero attached hydrogens (tertiary/aromatic N) is 1. The van der Waals surface area contributed by atoms with Crippen LogP contribution in [0.1, 0.15) is 15.9 Å². The van der Waals surface area contributed by atoms with Gasteiger partial charge in [0, 0.05) is 15.6 Å². The molecule has 0 N–H and O–H groups in total. The summed E-state index contributed by atoms with van der Waals surface area (Å²) >= 11 is 3.34. The van der Waals surface area contributed by atoms with Crippen LogP contribution in [0.3, 0.4) is 0 Å². The van der Waals surface area contributed by atoms with Crippen molar-refractivity contribution in [1.29, 1.82) is 0 Å². The number of hydrogen-bond donors (Lipinski definition) is 0. The maximum Gasteiger partial charge on any atom is 0.273 e. The molecule has 0 unspecified atom stereocenters. The molecule has 1 aliphatic heterocycles. The summed E-state index contributed by atoms with van der Waals surface area (Å²) in [5, 5.41) is 0. The van der Waals surface area contributed by atoms with E-state index in [4.69, 9.17) is 0 Å². The first kappa shape index (κ1) is 17.0. The normalized spacial score (nSPS) is 14.5. The van der Waals surface area contributed by atoms with Gasteiger partial charge in [0.25, 0.3) is 15.9 Å². The average molecular weight is 428 g/mol. The zero-order valence-corrected chi connectivity index (χ0v) is 16.2. The van der Waals surface area contributed by atoms with Gasteiger partial charge in [-0.3, -0.25) is 4.79 Å². The van der Waals surface area contributed by atoms with E-state index in [1.807, 2.05) is 19.1 Å². The molecule has 0 saturated carbocycles. The van der Waals surface area contributed by atoms with Gasteiger partial charge in [0.15, 0.2) is 0 Å². The van der Waals surface area contributed by atoms with Gasteiger partial charge in [-0.05, 0) is 53.2 Å². The fourth-order valence-corrected chi connectivity index (χ4v) is 5.24. The van der Waals surface area contributed by atoms with E-state index in [0.29, 0.717) is 21.3 Å². The van der Waals surface area contributed by atoms with E-state index in [-0.39, 0.29) is 4.90 Å². The molecule has 0 spiro atoms. The van der Waals surface area contributed by atoms with Crippen molar-refractivity contribution in [2.45, 2.75) is 11.8 Å². The third-order valence-corrected chi connectivity index (χ3v) is 6.80. The second-order valence-electron chi connectivity index (χ2n) is 6.07. The fourth-order valence-electron chi connectivity index (χ4n) is 3.15. The zero-order chi connectivity index (χ0) is 18.5. The SMILES string of the molecule is Cc1ccc2c(c1)-c1ccccc1S(=O)(=O)N2C(=O)c1ccccc1Br. The summed E-state index contributed by atoms with van der Waals surface area (Å²) in [5.74, 6) is -0.586. The minimum atomic E-state index is -4.01. The Labute approximate surface area is 160 Å². The number of hydrogen-bond acceptors (Lipinski definition) is 3. The van der Waals surface area contributed by atoms with Gasteiger partial charge in [0.05, 0.1) is 16.1 Å². The summed E-state index contributed by atoms with van der Waals surface area (Å²) in [6.45, 7) is 1.94. The number of benzene rings is 3. The van der Waals surface area contributed by atoms with Crippen LogP contribution in [0.5, 0.6) is 0 Å². The number of fused-ring (bicyclic) bond motifs is 3. The minimum Gasteiger partial charge on any atom is -0.268 e. The number of carbonyl (C=O) groups is 1. The molecule has 26 heavy (non-hydrogen) atoms. The fraction of sp³-hybridized carbons (Fsp3) is 0.0500. The van der Waals surface area contributed by atoms with Crippen LogP contribution in [0.15, 0.2) is 76.1 Å². The number of carbonyl (C=O) groups excluding carboxylic acids is 1. The van der Waals surface area contributed by atoms with Crippen LogP contribution >= 0.6 is 15.9 Å². The molecule has 4 rings (SSSR count). The Bertz CT molecular complexity index is 1160. The lowest BCUT2D eigenvalue weighted by molar-refractivity contribution is 0.100. The summed E-state index contributed by atoms with van der Waals surface area (Å²) in [6, 6.07) is 19.0.